The third-order valence-corrected chi connectivity index (χ3v) is 6.75. The molecule has 6 aromatic rings. The van der Waals surface area contributed by atoms with E-state index in [0.29, 0.717) is 22.0 Å². The number of nitrogens with zero attached hydrogens (tertiary/aromatic N) is 2. The smallest absolute Gasteiger partial charge is 0.287 e. The van der Waals surface area contributed by atoms with E-state index in [9.17, 15) is 14.0 Å². The number of hydrogen-bond acceptors (Lipinski definition) is 6. The van der Waals surface area contributed by atoms with Gasteiger partial charge in [0.1, 0.15) is 17.3 Å². The van der Waals surface area contributed by atoms with E-state index in [1.165, 1.54) is 29.5 Å². The largest absolute Gasteiger partial charge is 0.360 e. The Balaban J connectivity index is 1.28. The minimum Gasteiger partial charge on any atom is -0.360 e. The molecule has 36 heavy (non-hydrogen) atoms. The number of aromatic amines is 2. The van der Waals surface area contributed by atoms with Crippen LogP contribution in [0.2, 0.25) is 0 Å². The van der Waals surface area contributed by atoms with Gasteiger partial charge in [-0.1, -0.05) is 18.2 Å². The van der Waals surface area contributed by atoms with Crippen LogP contribution in [-0.2, 0) is 0 Å². The van der Waals surface area contributed by atoms with Crippen molar-refractivity contribution >= 4 is 55.6 Å². The minimum atomic E-state index is -0.583. The van der Waals surface area contributed by atoms with Gasteiger partial charge in [0.25, 0.3) is 11.5 Å². The zero-order chi connectivity index (χ0) is 24.6. The summed E-state index contributed by atoms with van der Waals surface area (Å²) in [6, 6.07) is 20.7. The van der Waals surface area contributed by atoms with E-state index in [1.807, 2.05) is 36.4 Å². The van der Waals surface area contributed by atoms with Crippen LogP contribution in [0.4, 0.5) is 21.6 Å². The second kappa shape index (κ2) is 8.75. The van der Waals surface area contributed by atoms with Crippen LogP contribution in [0.1, 0.15) is 9.67 Å². The Labute approximate surface area is 206 Å². The Hall–Kier alpha value is -4.83. The van der Waals surface area contributed by atoms with Crippen molar-refractivity contribution in [3.63, 3.8) is 0 Å². The first-order valence-corrected chi connectivity index (χ1v) is 11.8. The number of rotatable bonds is 5. The Morgan fingerprint density at radius 3 is 2.75 bits per heavy atom. The molecule has 0 aliphatic carbocycles. The first-order chi connectivity index (χ1) is 17.5. The summed E-state index contributed by atoms with van der Waals surface area (Å²) in [4.78, 5) is 33.2. The summed E-state index contributed by atoms with van der Waals surface area (Å²) in [7, 11) is 0. The number of aromatic nitrogens is 4. The normalized spacial score (nSPS) is 11.1. The maximum atomic E-state index is 14.6. The van der Waals surface area contributed by atoms with E-state index >= 15 is 0 Å². The SMILES string of the molecule is O=C(Nc1cc(-c2cc(Nc3ccc4[nH]ccc4n3)c(=O)[nH]n2)ccc1F)c1cc2ccccc2s1. The predicted octanol–water partition coefficient (Wildman–Crippen LogP) is 5.66. The van der Waals surface area contributed by atoms with Crippen molar-refractivity contribution in [3.8, 4) is 11.3 Å². The lowest BCUT2D eigenvalue weighted by atomic mass is 10.1. The molecule has 10 heteroatoms. The molecule has 0 saturated carbocycles. The Morgan fingerprint density at radius 1 is 0.972 bits per heavy atom. The molecule has 4 aromatic heterocycles. The zero-order valence-electron chi connectivity index (χ0n) is 18.5. The highest BCUT2D eigenvalue weighted by Crippen LogP contribution is 2.28. The number of H-pyrrole nitrogens is 2. The number of halogens is 1. The molecule has 6 rings (SSSR count). The molecule has 2 aromatic carbocycles. The molecular weight excluding hydrogens is 479 g/mol. The highest BCUT2D eigenvalue weighted by molar-refractivity contribution is 7.20. The van der Waals surface area contributed by atoms with Gasteiger partial charge >= 0.3 is 0 Å². The standard InChI is InChI=1S/C26H17FN6O2S/c27-16-6-5-14(11-20(16)31-26(35)23-12-15-3-1-2-4-22(15)36-23)19-13-21(25(34)33-32-19)30-24-8-7-17-18(29-24)9-10-28-17/h1-13,28H,(H,31,35)(H,33,34)(H,29,30,32). The summed E-state index contributed by atoms with van der Waals surface area (Å²) in [5.74, 6) is -0.504. The van der Waals surface area contributed by atoms with Gasteiger partial charge in [0.2, 0.25) is 0 Å². The van der Waals surface area contributed by atoms with Gasteiger partial charge in [-0.05, 0) is 60.0 Å². The molecule has 8 nitrogen and oxygen atoms in total. The molecule has 0 aliphatic rings. The van der Waals surface area contributed by atoms with Crippen molar-refractivity contribution in [1.82, 2.24) is 20.2 Å². The average molecular weight is 497 g/mol. The third-order valence-electron chi connectivity index (χ3n) is 5.63. The summed E-state index contributed by atoms with van der Waals surface area (Å²) < 4.78 is 15.6. The fourth-order valence-corrected chi connectivity index (χ4v) is 4.80. The Morgan fingerprint density at radius 2 is 1.86 bits per heavy atom. The predicted molar refractivity (Wildman–Crippen MR) is 139 cm³/mol. The molecule has 0 bridgehead atoms. The van der Waals surface area contributed by atoms with Gasteiger partial charge in [-0.2, -0.15) is 5.10 Å². The fraction of sp³-hybridized carbons (Fsp3) is 0. The number of thiophene rings is 1. The second-order valence-corrected chi connectivity index (χ2v) is 9.11. The van der Waals surface area contributed by atoms with Crippen LogP contribution in [0.5, 0.6) is 0 Å². The number of carbonyl (C=O) groups excluding carboxylic acids is 1. The van der Waals surface area contributed by atoms with Crippen molar-refractivity contribution in [3.05, 3.63) is 100 Å². The van der Waals surface area contributed by atoms with Gasteiger partial charge < -0.3 is 15.6 Å². The fourth-order valence-electron chi connectivity index (χ4n) is 3.85. The van der Waals surface area contributed by atoms with Crippen LogP contribution < -0.4 is 16.2 Å². The van der Waals surface area contributed by atoms with Crippen molar-refractivity contribution in [2.45, 2.75) is 0 Å². The number of fused-ring (bicyclic) bond motifs is 2. The van der Waals surface area contributed by atoms with Crippen LogP contribution in [0, 0.1) is 5.82 Å². The monoisotopic (exact) mass is 496 g/mol. The van der Waals surface area contributed by atoms with Crippen molar-refractivity contribution in [1.29, 1.82) is 0 Å². The van der Waals surface area contributed by atoms with Crippen molar-refractivity contribution in [2.24, 2.45) is 0 Å². The third kappa shape index (κ3) is 4.10. The highest BCUT2D eigenvalue weighted by Gasteiger charge is 2.15. The molecule has 4 heterocycles. The van der Waals surface area contributed by atoms with E-state index in [2.05, 4.69) is 30.8 Å². The van der Waals surface area contributed by atoms with Crippen LogP contribution in [0.3, 0.4) is 0 Å². The maximum Gasteiger partial charge on any atom is 0.287 e. The van der Waals surface area contributed by atoms with Gasteiger partial charge in [-0.3, -0.25) is 9.59 Å². The molecule has 0 atom stereocenters. The number of hydrogen-bond donors (Lipinski definition) is 4. The first-order valence-electron chi connectivity index (χ1n) is 10.9. The van der Waals surface area contributed by atoms with Gasteiger partial charge in [0.05, 0.1) is 27.3 Å². The van der Waals surface area contributed by atoms with Crippen LogP contribution >= 0.6 is 11.3 Å². The number of carbonyl (C=O) groups is 1. The summed E-state index contributed by atoms with van der Waals surface area (Å²) in [5.41, 5.74) is 2.33. The van der Waals surface area contributed by atoms with Crippen LogP contribution in [-0.4, -0.2) is 26.1 Å². The lowest BCUT2D eigenvalue weighted by Crippen LogP contribution is -2.14. The molecule has 0 fully saturated rings. The number of benzene rings is 2. The topological polar surface area (TPSA) is 116 Å². The van der Waals surface area contributed by atoms with Gasteiger partial charge in [-0.15, -0.1) is 11.3 Å². The van der Waals surface area contributed by atoms with E-state index < -0.39 is 17.3 Å². The molecule has 176 valence electrons. The summed E-state index contributed by atoms with van der Waals surface area (Å²) >= 11 is 1.33. The lowest BCUT2D eigenvalue weighted by molar-refractivity contribution is 0.103. The molecule has 0 radical (unpaired) electrons. The van der Waals surface area contributed by atoms with Crippen molar-refractivity contribution < 1.29 is 9.18 Å². The number of nitrogens with one attached hydrogen (secondary N) is 4. The molecule has 4 N–H and O–H groups in total. The molecular formula is C26H17FN6O2S. The minimum absolute atomic E-state index is 0.0111. The number of amides is 1. The summed E-state index contributed by atoms with van der Waals surface area (Å²) in [6.07, 6.45) is 1.78. The zero-order valence-corrected chi connectivity index (χ0v) is 19.3. The summed E-state index contributed by atoms with van der Waals surface area (Å²) in [5, 5.41) is 13.1. The molecule has 0 spiro atoms. The number of pyridine rings is 1. The van der Waals surface area contributed by atoms with Crippen LogP contribution in [0.25, 0.3) is 32.4 Å². The van der Waals surface area contributed by atoms with E-state index in [0.717, 1.165) is 21.1 Å². The van der Waals surface area contributed by atoms with Gasteiger partial charge in [-0.25, -0.2) is 14.5 Å². The van der Waals surface area contributed by atoms with E-state index in [1.54, 1.807) is 24.4 Å². The quantitative estimate of drug-likeness (QED) is 0.246. The molecule has 0 unspecified atom stereocenters. The van der Waals surface area contributed by atoms with Gasteiger partial charge in [0, 0.05) is 16.5 Å². The first kappa shape index (κ1) is 21.7. The van der Waals surface area contributed by atoms with Crippen molar-refractivity contribution in [2.75, 3.05) is 10.6 Å². The summed E-state index contributed by atoms with van der Waals surface area (Å²) in [6.45, 7) is 0. The maximum absolute atomic E-state index is 14.6. The lowest BCUT2D eigenvalue weighted by Gasteiger charge is -2.09. The molecule has 0 saturated heterocycles. The number of anilines is 3. The van der Waals surface area contributed by atoms with Gasteiger partial charge in [0.15, 0.2) is 0 Å². The second-order valence-electron chi connectivity index (χ2n) is 8.03. The van der Waals surface area contributed by atoms with E-state index in [4.69, 9.17) is 0 Å². The molecule has 1 amide bonds. The van der Waals surface area contributed by atoms with E-state index in [-0.39, 0.29) is 11.4 Å². The Bertz CT molecular complexity index is 1790. The highest BCUT2D eigenvalue weighted by atomic mass is 32.1. The average Bonchev–Trinajstić information content (AvgIpc) is 3.53. The molecule has 0 aliphatic heterocycles. The Kier molecular flexibility index (Phi) is 5.27. The van der Waals surface area contributed by atoms with Crippen LogP contribution in [0.15, 0.2) is 83.8 Å².